The number of rotatable bonds is 4. The standard InChI is InChI=1S/C19H19NO5S/c1-11(25-19(22)17-9-12-3-2-4-16(12)26-17)18(21)20-13-5-6-14-15(10-13)24-8-7-23-14/h5-6,9-11H,2-4,7-8H2,1H3,(H,20,21). The molecule has 0 fully saturated rings. The van der Waals surface area contributed by atoms with Gasteiger partial charge in [0.15, 0.2) is 17.6 Å². The van der Waals surface area contributed by atoms with E-state index in [0.717, 1.165) is 19.3 Å². The third kappa shape index (κ3) is 3.39. The Labute approximate surface area is 155 Å². The van der Waals surface area contributed by atoms with E-state index in [1.807, 2.05) is 6.07 Å². The van der Waals surface area contributed by atoms with Crippen molar-refractivity contribution in [2.45, 2.75) is 32.3 Å². The van der Waals surface area contributed by atoms with Crippen molar-refractivity contribution in [2.75, 3.05) is 18.5 Å². The summed E-state index contributed by atoms with van der Waals surface area (Å²) in [5.41, 5.74) is 1.80. The predicted octanol–water partition coefficient (Wildman–Crippen LogP) is 3.19. The number of hydrogen-bond donors (Lipinski definition) is 1. The molecule has 0 spiro atoms. The predicted molar refractivity (Wildman–Crippen MR) is 97.3 cm³/mol. The molecule has 4 rings (SSSR count). The van der Waals surface area contributed by atoms with Gasteiger partial charge in [0.1, 0.15) is 18.1 Å². The fourth-order valence-electron chi connectivity index (χ4n) is 3.07. The van der Waals surface area contributed by atoms with Crippen molar-refractivity contribution in [1.82, 2.24) is 0 Å². The molecule has 1 aromatic carbocycles. The first-order chi connectivity index (χ1) is 12.6. The molecule has 1 aliphatic heterocycles. The van der Waals surface area contributed by atoms with Crippen molar-refractivity contribution in [3.8, 4) is 11.5 Å². The SMILES string of the molecule is CC(OC(=O)c1cc2c(s1)CCC2)C(=O)Nc1ccc2c(c1)OCCO2. The quantitative estimate of drug-likeness (QED) is 0.833. The van der Waals surface area contributed by atoms with Gasteiger partial charge < -0.3 is 19.5 Å². The van der Waals surface area contributed by atoms with Crippen LogP contribution in [0.4, 0.5) is 5.69 Å². The topological polar surface area (TPSA) is 73.9 Å². The summed E-state index contributed by atoms with van der Waals surface area (Å²) in [4.78, 5) is 26.4. The lowest BCUT2D eigenvalue weighted by atomic mass is 10.2. The molecular formula is C19H19NO5S. The molecule has 0 radical (unpaired) electrons. The highest BCUT2D eigenvalue weighted by Gasteiger charge is 2.23. The fraction of sp³-hybridized carbons (Fsp3) is 0.368. The first-order valence-corrected chi connectivity index (χ1v) is 9.45. The number of carbonyl (C=O) groups excluding carboxylic acids is 2. The molecule has 2 heterocycles. The highest BCUT2D eigenvalue weighted by atomic mass is 32.1. The molecule has 0 saturated heterocycles. The summed E-state index contributed by atoms with van der Waals surface area (Å²) in [6, 6.07) is 7.06. The summed E-state index contributed by atoms with van der Waals surface area (Å²) in [6.45, 7) is 2.55. The Balaban J connectivity index is 1.37. The molecule has 136 valence electrons. The lowest BCUT2D eigenvalue weighted by Crippen LogP contribution is -2.29. The lowest BCUT2D eigenvalue weighted by molar-refractivity contribution is -0.123. The van der Waals surface area contributed by atoms with Crippen LogP contribution in [-0.4, -0.2) is 31.2 Å². The van der Waals surface area contributed by atoms with Gasteiger partial charge in [-0.25, -0.2) is 4.79 Å². The Hall–Kier alpha value is -2.54. The van der Waals surface area contributed by atoms with E-state index in [-0.39, 0.29) is 5.91 Å². The molecule has 1 amide bonds. The molecule has 1 aromatic heterocycles. The first kappa shape index (κ1) is 16.9. The maximum atomic E-state index is 12.3. The second-order valence-electron chi connectivity index (χ2n) is 6.31. The zero-order chi connectivity index (χ0) is 18.1. The van der Waals surface area contributed by atoms with Gasteiger partial charge in [-0.1, -0.05) is 0 Å². The van der Waals surface area contributed by atoms with Crippen molar-refractivity contribution in [3.63, 3.8) is 0 Å². The Morgan fingerprint density at radius 3 is 2.77 bits per heavy atom. The van der Waals surface area contributed by atoms with Gasteiger partial charge in [0.05, 0.1) is 0 Å². The van der Waals surface area contributed by atoms with E-state index >= 15 is 0 Å². The molecule has 0 bridgehead atoms. The number of ether oxygens (including phenoxy) is 3. The van der Waals surface area contributed by atoms with E-state index < -0.39 is 12.1 Å². The molecule has 2 aromatic rings. The highest BCUT2D eigenvalue weighted by Crippen LogP contribution is 2.33. The maximum absolute atomic E-state index is 12.3. The minimum absolute atomic E-state index is 0.390. The Morgan fingerprint density at radius 2 is 1.96 bits per heavy atom. The molecular weight excluding hydrogens is 354 g/mol. The number of nitrogens with one attached hydrogen (secondary N) is 1. The molecule has 1 aliphatic carbocycles. The number of carbonyl (C=O) groups is 2. The van der Waals surface area contributed by atoms with Crippen LogP contribution in [-0.2, 0) is 22.4 Å². The summed E-state index contributed by atoms with van der Waals surface area (Å²) in [6.07, 6.45) is 2.28. The van der Waals surface area contributed by atoms with Crippen LogP contribution < -0.4 is 14.8 Å². The van der Waals surface area contributed by atoms with Gasteiger partial charge in [0.25, 0.3) is 5.91 Å². The van der Waals surface area contributed by atoms with Crippen molar-refractivity contribution in [3.05, 3.63) is 39.6 Å². The van der Waals surface area contributed by atoms with Crippen molar-refractivity contribution < 1.29 is 23.8 Å². The van der Waals surface area contributed by atoms with Crippen LogP contribution in [0.15, 0.2) is 24.3 Å². The number of anilines is 1. The van der Waals surface area contributed by atoms with Crippen molar-refractivity contribution in [1.29, 1.82) is 0 Å². The average molecular weight is 373 g/mol. The molecule has 0 saturated carbocycles. The number of aryl methyl sites for hydroxylation is 2. The third-order valence-electron chi connectivity index (χ3n) is 4.41. The van der Waals surface area contributed by atoms with E-state index in [0.29, 0.717) is 35.3 Å². The number of thiophene rings is 1. The Morgan fingerprint density at radius 1 is 1.15 bits per heavy atom. The monoisotopic (exact) mass is 373 g/mol. The number of amides is 1. The third-order valence-corrected chi connectivity index (χ3v) is 5.63. The lowest BCUT2D eigenvalue weighted by Gasteiger charge is -2.19. The van der Waals surface area contributed by atoms with Gasteiger partial charge in [0.2, 0.25) is 0 Å². The zero-order valence-corrected chi connectivity index (χ0v) is 15.2. The van der Waals surface area contributed by atoms with Gasteiger partial charge in [-0.3, -0.25) is 4.79 Å². The van der Waals surface area contributed by atoms with Gasteiger partial charge in [-0.2, -0.15) is 0 Å². The van der Waals surface area contributed by atoms with Gasteiger partial charge >= 0.3 is 5.97 Å². The van der Waals surface area contributed by atoms with E-state index in [4.69, 9.17) is 14.2 Å². The summed E-state index contributed by atoms with van der Waals surface area (Å²) < 4.78 is 16.3. The van der Waals surface area contributed by atoms with Crippen LogP contribution in [0.25, 0.3) is 0 Å². The number of fused-ring (bicyclic) bond motifs is 2. The number of hydrogen-bond acceptors (Lipinski definition) is 6. The maximum Gasteiger partial charge on any atom is 0.349 e. The average Bonchev–Trinajstić information content (AvgIpc) is 3.23. The minimum atomic E-state index is -0.896. The smallest absolute Gasteiger partial charge is 0.349 e. The van der Waals surface area contributed by atoms with Crippen LogP contribution >= 0.6 is 11.3 Å². The van der Waals surface area contributed by atoms with Crippen molar-refractivity contribution >= 4 is 28.9 Å². The molecule has 26 heavy (non-hydrogen) atoms. The van der Waals surface area contributed by atoms with E-state index in [9.17, 15) is 9.59 Å². The van der Waals surface area contributed by atoms with Gasteiger partial charge in [0, 0.05) is 16.6 Å². The van der Waals surface area contributed by atoms with Crippen LogP contribution in [0.5, 0.6) is 11.5 Å². The van der Waals surface area contributed by atoms with Crippen LogP contribution in [0.2, 0.25) is 0 Å². The van der Waals surface area contributed by atoms with Crippen LogP contribution in [0.1, 0.15) is 33.5 Å². The summed E-state index contributed by atoms with van der Waals surface area (Å²) >= 11 is 1.47. The molecule has 1 unspecified atom stereocenters. The van der Waals surface area contributed by atoms with Crippen LogP contribution in [0.3, 0.4) is 0 Å². The minimum Gasteiger partial charge on any atom is -0.486 e. The summed E-state index contributed by atoms with van der Waals surface area (Å²) in [5.74, 6) is 0.402. The fourth-order valence-corrected chi connectivity index (χ4v) is 4.20. The second kappa shape index (κ2) is 6.99. The van der Waals surface area contributed by atoms with Crippen LogP contribution in [0, 0.1) is 0 Å². The van der Waals surface area contributed by atoms with Gasteiger partial charge in [-0.05, 0) is 49.9 Å². The molecule has 1 atom stereocenters. The highest BCUT2D eigenvalue weighted by molar-refractivity contribution is 7.14. The number of benzene rings is 1. The Kier molecular flexibility index (Phi) is 4.55. The summed E-state index contributed by atoms with van der Waals surface area (Å²) in [5, 5.41) is 2.74. The van der Waals surface area contributed by atoms with E-state index in [1.165, 1.54) is 21.8 Å². The molecule has 2 aliphatic rings. The second-order valence-corrected chi connectivity index (χ2v) is 7.44. The van der Waals surface area contributed by atoms with Gasteiger partial charge in [-0.15, -0.1) is 11.3 Å². The summed E-state index contributed by atoms with van der Waals surface area (Å²) in [7, 11) is 0. The first-order valence-electron chi connectivity index (χ1n) is 8.63. The van der Waals surface area contributed by atoms with E-state index in [2.05, 4.69) is 5.32 Å². The zero-order valence-electron chi connectivity index (χ0n) is 14.4. The Bertz CT molecular complexity index is 838. The largest absolute Gasteiger partial charge is 0.486 e. The molecule has 1 N–H and O–H groups in total. The van der Waals surface area contributed by atoms with E-state index in [1.54, 1.807) is 25.1 Å². The molecule has 6 nitrogen and oxygen atoms in total. The number of esters is 1. The van der Waals surface area contributed by atoms with Crippen molar-refractivity contribution in [2.24, 2.45) is 0 Å². The molecule has 7 heteroatoms. The normalized spacial score (nSPS) is 15.9.